The molecule has 0 unspecified atom stereocenters. The first-order chi connectivity index (χ1) is 23.1. The molecule has 1 spiro atoms. The quantitative estimate of drug-likeness (QED) is 0.208. The summed E-state index contributed by atoms with van der Waals surface area (Å²) in [7, 11) is 0. The normalized spacial score (nSPS) is 14.9. The molecule has 0 amide bonds. The third kappa shape index (κ3) is 3.34. The molecular formula is C44H27ClO2. The van der Waals surface area contributed by atoms with Gasteiger partial charge in [0.1, 0.15) is 16.8 Å². The second-order valence-electron chi connectivity index (χ2n) is 12.6. The van der Waals surface area contributed by atoms with E-state index in [0.717, 1.165) is 55.3 Å². The monoisotopic (exact) mass is 622 g/mol. The summed E-state index contributed by atoms with van der Waals surface area (Å²) in [5.74, 6) is 0. The Balaban J connectivity index is 1.33. The third-order valence-electron chi connectivity index (χ3n) is 10.5. The first kappa shape index (κ1) is 26.8. The smallest absolute Gasteiger partial charge is 0.143 e. The van der Waals surface area contributed by atoms with Crippen LogP contribution in [-0.2, 0) is 11.0 Å². The van der Waals surface area contributed by atoms with Crippen molar-refractivity contribution in [2.45, 2.75) is 11.0 Å². The lowest BCUT2D eigenvalue weighted by Crippen LogP contribution is -2.44. The standard InChI is InChI=1S/C44H27ClO2/c45-27-24-25-30(32-15-11-16-33-31-14-3-10-23-41(31)47-42(32)33)40(26-27)44(46)38-21-8-6-19-36(38)43(37-20-7-9-22-39(37)44)34-17-4-1-12-28(34)29-13-2-5-18-35(29)43/h1-26,46H. The Kier molecular flexibility index (Phi) is 5.44. The molecular weight excluding hydrogens is 596 g/mol. The number of aliphatic hydroxyl groups is 1. The molecule has 0 saturated heterocycles. The highest BCUT2D eigenvalue weighted by Crippen LogP contribution is 2.63. The van der Waals surface area contributed by atoms with E-state index in [4.69, 9.17) is 16.0 Å². The van der Waals surface area contributed by atoms with Crippen LogP contribution >= 0.6 is 11.6 Å². The Morgan fingerprint density at radius 3 is 1.57 bits per heavy atom. The minimum Gasteiger partial charge on any atom is -0.455 e. The molecule has 0 atom stereocenters. The Bertz CT molecular complexity index is 2480. The van der Waals surface area contributed by atoms with Gasteiger partial charge in [-0.3, -0.25) is 0 Å². The maximum absolute atomic E-state index is 13.7. The van der Waals surface area contributed by atoms with Gasteiger partial charge in [0.15, 0.2) is 0 Å². The Morgan fingerprint density at radius 2 is 0.915 bits per heavy atom. The van der Waals surface area contributed by atoms with Crippen molar-refractivity contribution in [3.63, 3.8) is 0 Å². The van der Waals surface area contributed by atoms with Gasteiger partial charge >= 0.3 is 0 Å². The van der Waals surface area contributed by atoms with Gasteiger partial charge in [0, 0.05) is 26.9 Å². The molecule has 0 bridgehead atoms. The molecule has 8 aromatic rings. The summed E-state index contributed by atoms with van der Waals surface area (Å²) in [6.45, 7) is 0. The number of hydrogen-bond acceptors (Lipinski definition) is 2. The van der Waals surface area contributed by atoms with Crippen molar-refractivity contribution in [2.75, 3.05) is 0 Å². The van der Waals surface area contributed by atoms with E-state index in [0.29, 0.717) is 10.6 Å². The van der Waals surface area contributed by atoms with Gasteiger partial charge in [-0.2, -0.15) is 0 Å². The largest absolute Gasteiger partial charge is 0.455 e. The van der Waals surface area contributed by atoms with Crippen LogP contribution in [0.15, 0.2) is 162 Å². The number of para-hydroxylation sites is 2. The zero-order valence-electron chi connectivity index (χ0n) is 25.2. The zero-order chi connectivity index (χ0) is 31.3. The van der Waals surface area contributed by atoms with Gasteiger partial charge in [0.2, 0.25) is 0 Å². The van der Waals surface area contributed by atoms with Crippen molar-refractivity contribution in [2.24, 2.45) is 0 Å². The van der Waals surface area contributed by atoms with E-state index < -0.39 is 11.0 Å². The molecule has 7 aromatic carbocycles. The summed E-state index contributed by atoms with van der Waals surface area (Å²) in [5, 5.41) is 16.3. The van der Waals surface area contributed by atoms with E-state index in [1.165, 1.54) is 22.3 Å². The van der Waals surface area contributed by atoms with Crippen molar-refractivity contribution < 1.29 is 9.52 Å². The number of halogens is 1. The van der Waals surface area contributed by atoms with E-state index in [9.17, 15) is 5.11 Å². The first-order valence-electron chi connectivity index (χ1n) is 15.9. The number of benzene rings is 7. The van der Waals surface area contributed by atoms with E-state index in [2.05, 4.69) is 109 Å². The van der Waals surface area contributed by atoms with Gasteiger partial charge < -0.3 is 9.52 Å². The fraction of sp³-hybridized carbons (Fsp3) is 0.0455. The number of fused-ring (bicyclic) bond motifs is 12. The summed E-state index contributed by atoms with van der Waals surface area (Å²) in [4.78, 5) is 0. The molecule has 1 heterocycles. The van der Waals surface area contributed by atoms with E-state index in [1.54, 1.807) is 0 Å². The molecule has 0 radical (unpaired) electrons. The Labute approximate surface area is 277 Å². The zero-order valence-corrected chi connectivity index (χ0v) is 26.0. The molecule has 222 valence electrons. The maximum Gasteiger partial charge on any atom is 0.143 e. The summed E-state index contributed by atoms with van der Waals surface area (Å²) < 4.78 is 6.52. The number of furan rings is 1. The molecule has 2 aliphatic carbocycles. The molecule has 1 N–H and O–H groups in total. The van der Waals surface area contributed by atoms with Crippen molar-refractivity contribution in [1.82, 2.24) is 0 Å². The highest BCUT2D eigenvalue weighted by molar-refractivity contribution is 6.30. The first-order valence-corrected chi connectivity index (χ1v) is 16.3. The molecule has 0 saturated carbocycles. The summed E-state index contributed by atoms with van der Waals surface area (Å²) in [6, 6.07) is 54.4. The van der Waals surface area contributed by atoms with E-state index >= 15 is 0 Å². The van der Waals surface area contributed by atoms with Crippen LogP contribution in [0.4, 0.5) is 0 Å². The summed E-state index contributed by atoms with van der Waals surface area (Å²) in [6.07, 6.45) is 0. The third-order valence-corrected chi connectivity index (χ3v) is 10.7. The highest BCUT2D eigenvalue weighted by atomic mass is 35.5. The fourth-order valence-electron chi connectivity index (χ4n) is 8.66. The van der Waals surface area contributed by atoms with E-state index in [-0.39, 0.29) is 0 Å². The van der Waals surface area contributed by atoms with Crippen LogP contribution in [0.1, 0.15) is 38.9 Å². The molecule has 2 aliphatic rings. The lowest BCUT2D eigenvalue weighted by molar-refractivity contribution is 0.119. The average Bonchev–Trinajstić information content (AvgIpc) is 3.65. The topological polar surface area (TPSA) is 33.4 Å². The minimum atomic E-state index is -1.53. The fourth-order valence-corrected chi connectivity index (χ4v) is 8.83. The lowest BCUT2D eigenvalue weighted by Gasteiger charge is -2.47. The van der Waals surface area contributed by atoms with Crippen LogP contribution in [0, 0.1) is 0 Å². The Hall–Kier alpha value is -5.41. The second kappa shape index (κ2) is 9.56. The predicted octanol–water partition coefficient (Wildman–Crippen LogP) is 10.9. The SMILES string of the molecule is OC1(c2cc(Cl)ccc2-c2cccc3c2oc2ccccc23)c2ccccc2C2(c3ccccc3-c3ccccc32)c2ccccc21. The molecule has 10 rings (SSSR count). The maximum atomic E-state index is 13.7. The summed E-state index contributed by atoms with van der Waals surface area (Å²) in [5.41, 5.74) is 10.7. The second-order valence-corrected chi connectivity index (χ2v) is 13.0. The van der Waals surface area contributed by atoms with Crippen molar-refractivity contribution >= 4 is 33.5 Å². The van der Waals surface area contributed by atoms with Crippen LogP contribution in [0.5, 0.6) is 0 Å². The molecule has 1 aromatic heterocycles. The van der Waals surface area contributed by atoms with Gasteiger partial charge in [-0.1, -0.05) is 151 Å². The minimum absolute atomic E-state index is 0.556. The summed E-state index contributed by atoms with van der Waals surface area (Å²) >= 11 is 6.84. The van der Waals surface area contributed by atoms with Gasteiger partial charge in [0.05, 0.1) is 5.41 Å². The van der Waals surface area contributed by atoms with E-state index in [1.807, 2.05) is 48.5 Å². The highest BCUT2D eigenvalue weighted by Gasteiger charge is 2.56. The number of hydrogen-bond donors (Lipinski definition) is 1. The van der Waals surface area contributed by atoms with Crippen LogP contribution in [0.3, 0.4) is 0 Å². The predicted molar refractivity (Wildman–Crippen MR) is 190 cm³/mol. The average molecular weight is 623 g/mol. The van der Waals surface area contributed by atoms with Crippen LogP contribution in [-0.4, -0.2) is 5.11 Å². The van der Waals surface area contributed by atoms with Gasteiger partial charge in [-0.05, 0) is 68.3 Å². The van der Waals surface area contributed by atoms with Crippen LogP contribution in [0.2, 0.25) is 5.02 Å². The van der Waals surface area contributed by atoms with Gasteiger partial charge in [-0.25, -0.2) is 0 Å². The Morgan fingerprint density at radius 1 is 0.426 bits per heavy atom. The van der Waals surface area contributed by atoms with Crippen LogP contribution in [0.25, 0.3) is 44.2 Å². The molecule has 2 nitrogen and oxygen atoms in total. The van der Waals surface area contributed by atoms with Gasteiger partial charge in [0.25, 0.3) is 0 Å². The van der Waals surface area contributed by atoms with Crippen molar-refractivity contribution in [1.29, 1.82) is 0 Å². The van der Waals surface area contributed by atoms with Crippen LogP contribution < -0.4 is 0 Å². The molecule has 0 aliphatic heterocycles. The van der Waals surface area contributed by atoms with Gasteiger partial charge in [-0.15, -0.1) is 0 Å². The molecule has 3 heteroatoms. The number of rotatable bonds is 2. The molecule has 47 heavy (non-hydrogen) atoms. The van der Waals surface area contributed by atoms with Crippen molar-refractivity contribution in [3.8, 4) is 22.3 Å². The van der Waals surface area contributed by atoms with Crippen molar-refractivity contribution in [3.05, 3.63) is 202 Å². The molecule has 0 fully saturated rings. The lowest BCUT2D eigenvalue weighted by atomic mass is 9.56.